The van der Waals surface area contributed by atoms with E-state index in [4.69, 9.17) is 4.74 Å². The van der Waals surface area contributed by atoms with Crippen molar-refractivity contribution in [2.75, 3.05) is 26.7 Å². The number of H-pyrrole nitrogens is 2. The normalized spacial score (nSPS) is 15.2. The van der Waals surface area contributed by atoms with Gasteiger partial charge in [-0.05, 0) is 37.1 Å². The molecule has 0 atom stereocenters. The Morgan fingerprint density at radius 1 is 1.22 bits per heavy atom. The number of aromatic nitrogens is 3. The fourth-order valence-corrected chi connectivity index (χ4v) is 3.85. The zero-order chi connectivity index (χ0) is 22.9. The van der Waals surface area contributed by atoms with Crippen LogP contribution < -0.4 is 10.1 Å². The van der Waals surface area contributed by atoms with Crippen LogP contribution in [0.4, 0.5) is 13.2 Å². The molecule has 1 fully saturated rings. The summed E-state index contributed by atoms with van der Waals surface area (Å²) in [5.41, 5.74) is 1.90. The lowest BCUT2D eigenvalue weighted by molar-refractivity contribution is -0.123. The largest absolute Gasteiger partial charge is 0.497 e. The van der Waals surface area contributed by atoms with Crippen molar-refractivity contribution in [2.45, 2.75) is 24.9 Å². The van der Waals surface area contributed by atoms with Gasteiger partial charge < -0.3 is 19.9 Å². The lowest BCUT2D eigenvalue weighted by Gasteiger charge is -2.31. The molecule has 0 aliphatic carbocycles. The molecule has 1 aromatic carbocycles. The van der Waals surface area contributed by atoms with Crippen molar-refractivity contribution in [1.82, 2.24) is 25.4 Å². The monoisotopic (exact) mass is 449 g/mol. The van der Waals surface area contributed by atoms with Crippen LogP contribution in [0, 0.1) is 0 Å². The molecule has 0 unspecified atom stereocenters. The number of rotatable bonds is 5. The fourth-order valence-electron chi connectivity index (χ4n) is 3.85. The summed E-state index contributed by atoms with van der Waals surface area (Å²) in [5, 5.41) is 9.29. The van der Waals surface area contributed by atoms with Gasteiger partial charge in [0.15, 0.2) is 0 Å². The van der Waals surface area contributed by atoms with Crippen LogP contribution >= 0.6 is 0 Å². The summed E-state index contributed by atoms with van der Waals surface area (Å²) in [6, 6.07) is 8.83. The molecule has 4 rings (SSSR count). The number of hydrogen-bond donors (Lipinski definition) is 3. The Kier molecular flexibility index (Phi) is 5.81. The van der Waals surface area contributed by atoms with E-state index in [1.54, 1.807) is 17.3 Å². The number of fused-ring (bicyclic) bond motifs is 1. The van der Waals surface area contributed by atoms with Crippen LogP contribution in [0.2, 0.25) is 0 Å². The minimum absolute atomic E-state index is 0.0303. The smallest absolute Gasteiger partial charge is 0.405 e. The number of piperidine rings is 1. The maximum absolute atomic E-state index is 12.9. The van der Waals surface area contributed by atoms with Gasteiger partial charge in [-0.1, -0.05) is 0 Å². The van der Waals surface area contributed by atoms with Gasteiger partial charge in [0.2, 0.25) is 0 Å². The molecule has 3 heterocycles. The van der Waals surface area contributed by atoms with Gasteiger partial charge in [-0.25, -0.2) is 0 Å². The van der Waals surface area contributed by atoms with Gasteiger partial charge in [0, 0.05) is 41.7 Å². The van der Waals surface area contributed by atoms with Gasteiger partial charge in [-0.3, -0.25) is 14.7 Å². The number of benzene rings is 1. The van der Waals surface area contributed by atoms with Crippen molar-refractivity contribution in [1.29, 1.82) is 0 Å². The summed E-state index contributed by atoms with van der Waals surface area (Å²) in [6.45, 7) is -0.386. The molecule has 2 aromatic heterocycles. The number of carbonyl (C=O) groups excluding carboxylic acids is 2. The van der Waals surface area contributed by atoms with Crippen molar-refractivity contribution in [3.05, 3.63) is 47.4 Å². The number of nitrogens with one attached hydrogen (secondary N) is 3. The van der Waals surface area contributed by atoms with E-state index in [9.17, 15) is 22.8 Å². The van der Waals surface area contributed by atoms with E-state index in [1.165, 1.54) is 6.07 Å². The van der Waals surface area contributed by atoms with Gasteiger partial charge in [0.1, 0.15) is 23.7 Å². The second kappa shape index (κ2) is 8.56. The Hall–Kier alpha value is -3.50. The molecule has 0 spiro atoms. The summed E-state index contributed by atoms with van der Waals surface area (Å²) in [5.74, 6) is -0.254. The van der Waals surface area contributed by atoms with Crippen LogP contribution in [0.3, 0.4) is 0 Å². The zero-order valence-corrected chi connectivity index (χ0v) is 17.3. The highest BCUT2D eigenvalue weighted by atomic mass is 19.4. The number of amides is 2. The van der Waals surface area contributed by atoms with Gasteiger partial charge in [0.05, 0.1) is 7.11 Å². The van der Waals surface area contributed by atoms with E-state index >= 15 is 0 Å². The minimum Gasteiger partial charge on any atom is -0.497 e. The summed E-state index contributed by atoms with van der Waals surface area (Å²) in [6.07, 6.45) is -3.19. The molecule has 3 aromatic rings. The Morgan fingerprint density at radius 3 is 2.66 bits per heavy atom. The number of nitrogens with zero attached hydrogens (tertiary/aromatic N) is 2. The predicted octanol–water partition coefficient (Wildman–Crippen LogP) is 3.21. The van der Waals surface area contributed by atoms with E-state index in [1.807, 2.05) is 24.3 Å². The minimum atomic E-state index is -4.48. The molecular formula is C21H22F3N5O3. The molecule has 32 heavy (non-hydrogen) atoms. The Morgan fingerprint density at radius 2 is 1.97 bits per heavy atom. The Bertz CT molecular complexity index is 1130. The lowest BCUT2D eigenvalue weighted by Crippen LogP contribution is -2.38. The third-order valence-electron chi connectivity index (χ3n) is 5.56. The van der Waals surface area contributed by atoms with Crippen molar-refractivity contribution >= 4 is 22.7 Å². The SMILES string of the molecule is COc1ccc2cc(C(=O)N3CCC(c4cc(C(=O)NCC(F)(F)F)n[nH]4)CC3)[nH]c2c1. The molecule has 1 saturated heterocycles. The number of halogens is 3. The van der Waals surface area contributed by atoms with E-state index in [-0.39, 0.29) is 17.5 Å². The molecule has 8 nitrogen and oxygen atoms in total. The van der Waals surface area contributed by atoms with Crippen LogP contribution in [-0.4, -0.2) is 64.8 Å². The summed E-state index contributed by atoms with van der Waals surface area (Å²) in [7, 11) is 1.58. The van der Waals surface area contributed by atoms with Crippen LogP contribution in [0.1, 0.15) is 45.4 Å². The maximum Gasteiger partial charge on any atom is 0.405 e. The number of carbonyl (C=O) groups is 2. The number of likely N-dealkylation sites (tertiary alicyclic amines) is 1. The van der Waals surface area contributed by atoms with E-state index in [2.05, 4.69) is 15.2 Å². The standard InChI is InChI=1S/C21H22F3N5O3/c1-32-14-3-2-13-8-18(26-15(13)9-14)20(31)29-6-4-12(5-7-29)16-10-17(28-27-16)19(30)25-11-21(22,23)24/h2-3,8-10,12,26H,4-7,11H2,1H3,(H,25,30)(H,27,28). The molecule has 0 radical (unpaired) electrons. The molecule has 170 valence electrons. The van der Waals surface area contributed by atoms with Gasteiger partial charge in [-0.15, -0.1) is 0 Å². The highest BCUT2D eigenvalue weighted by molar-refractivity contribution is 5.98. The van der Waals surface area contributed by atoms with Crippen LogP contribution in [-0.2, 0) is 0 Å². The first-order valence-electron chi connectivity index (χ1n) is 10.1. The molecule has 0 bridgehead atoms. The fraction of sp³-hybridized carbons (Fsp3) is 0.381. The van der Waals surface area contributed by atoms with Crippen molar-refractivity contribution in [2.24, 2.45) is 0 Å². The van der Waals surface area contributed by atoms with E-state index < -0.39 is 18.6 Å². The van der Waals surface area contributed by atoms with Gasteiger partial charge in [-0.2, -0.15) is 18.3 Å². The van der Waals surface area contributed by atoms with E-state index in [0.717, 1.165) is 10.9 Å². The second-order valence-corrected chi connectivity index (χ2v) is 7.71. The highest BCUT2D eigenvalue weighted by Gasteiger charge is 2.30. The predicted molar refractivity (Wildman–Crippen MR) is 110 cm³/mol. The molecule has 11 heteroatoms. The first kappa shape index (κ1) is 21.7. The quantitative estimate of drug-likeness (QED) is 0.557. The number of aromatic amines is 2. The summed E-state index contributed by atoms with van der Waals surface area (Å²) < 4.78 is 42.0. The number of alkyl halides is 3. The molecule has 2 amide bonds. The topological polar surface area (TPSA) is 103 Å². The van der Waals surface area contributed by atoms with E-state index in [0.29, 0.717) is 43.1 Å². The van der Waals surface area contributed by atoms with Crippen LogP contribution in [0.15, 0.2) is 30.3 Å². The molecule has 1 aliphatic heterocycles. The van der Waals surface area contributed by atoms with Gasteiger partial charge >= 0.3 is 6.18 Å². The Balaban J connectivity index is 1.35. The van der Waals surface area contributed by atoms with Crippen molar-refractivity contribution in [3.8, 4) is 5.75 Å². The maximum atomic E-state index is 12.9. The van der Waals surface area contributed by atoms with Crippen molar-refractivity contribution < 1.29 is 27.5 Å². The van der Waals surface area contributed by atoms with Crippen molar-refractivity contribution in [3.63, 3.8) is 0 Å². The zero-order valence-electron chi connectivity index (χ0n) is 17.3. The first-order chi connectivity index (χ1) is 15.2. The molecule has 1 aliphatic rings. The molecule has 3 N–H and O–H groups in total. The second-order valence-electron chi connectivity index (χ2n) is 7.71. The first-order valence-corrected chi connectivity index (χ1v) is 10.1. The third-order valence-corrected chi connectivity index (χ3v) is 5.56. The Labute approximate surface area is 181 Å². The average Bonchev–Trinajstić information content (AvgIpc) is 3.43. The molecular weight excluding hydrogens is 427 g/mol. The average molecular weight is 449 g/mol. The highest BCUT2D eigenvalue weighted by Crippen LogP contribution is 2.29. The third kappa shape index (κ3) is 4.71. The number of ether oxygens (including phenoxy) is 1. The number of methoxy groups -OCH3 is 1. The summed E-state index contributed by atoms with van der Waals surface area (Å²) in [4.78, 5) is 29.6. The van der Waals surface area contributed by atoms with Gasteiger partial charge in [0.25, 0.3) is 11.8 Å². The summed E-state index contributed by atoms with van der Waals surface area (Å²) >= 11 is 0. The van der Waals surface area contributed by atoms with Crippen LogP contribution in [0.5, 0.6) is 5.75 Å². The van der Waals surface area contributed by atoms with Crippen LogP contribution in [0.25, 0.3) is 10.9 Å². The lowest BCUT2D eigenvalue weighted by atomic mass is 9.93. The molecule has 0 saturated carbocycles. The number of hydrogen-bond acceptors (Lipinski definition) is 4.